The van der Waals surface area contributed by atoms with Crippen molar-refractivity contribution in [3.63, 3.8) is 0 Å². The minimum absolute atomic E-state index is 0.307. The van der Waals surface area contributed by atoms with Gasteiger partial charge in [-0.25, -0.2) is 13.8 Å². The van der Waals surface area contributed by atoms with E-state index in [0.717, 1.165) is 22.7 Å². The summed E-state index contributed by atoms with van der Waals surface area (Å²) in [6, 6.07) is 5.92. The fourth-order valence-electron chi connectivity index (χ4n) is 2.98. The molecule has 31 heavy (non-hydrogen) atoms. The molecule has 3 heterocycles. The molecule has 3 aromatic rings. The molecule has 0 saturated heterocycles. The van der Waals surface area contributed by atoms with Gasteiger partial charge in [0.2, 0.25) is 0 Å². The van der Waals surface area contributed by atoms with E-state index in [1.807, 2.05) is 45.3 Å². The highest BCUT2D eigenvalue weighted by Gasteiger charge is 2.10. The lowest BCUT2D eigenvalue weighted by molar-refractivity contribution is 0.588. The maximum absolute atomic E-state index is 14.4. The molecule has 0 saturated carbocycles. The standard InChI is InChI=1S/C23H26F2N6/c1-17(2)26-10-11-31(16-20(25)6-4-5-9-24)23-8-7-21-22(29-23)12-18(13-27-21)19-14-28-30(3)15-19/h4-9,12-17,26H,10-11H2,1-3H3/b6-4-,9-5+,20-16-. The monoisotopic (exact) mass is 424 g/mol. The van der Waals surface area contributed by atoms with Gasteiger partial charge in [0.05, 0.1) is 23.6 Å². The number of nitrogens with one attached hydrogen (secondary N) is 1. The summed E-state index contributed by atoms with van der Waals surface area (Å²) in [5.74, 6) is 0.0829. The van der Waals surface area contributed by atoms with Crippen molar-refractivity contribution >= 4 is 16.9 Å². The first-order valence-corrected chi connectivity index (χ1v) is 10.0. The minimum atomic E-state index is -0.508. The number of anilines is 1. The van der Waals surface area contributed by atoms with Crippen molar-refractivity contribution in [2.75, 3.05) is 18.0 Å². The van der Waals surface area contributed by atoms with Crippen LogP contribution in [0, 0.1) is 0 Å². The molecule has 3 aromatic heterocycles. The van der Waals surface area contributed by atoms with E-state index in [-0.39, 0.29) is 0 Å². The number of aryl methyl sites for hydroxylation is 1. The van der Waals surface area contributed by atoms with E-state index in [1.54, 1.807) is 22.0 Å². The van der Waals surface area contributed by atoms with Gasteiger partial charge in [-0.05, 0) is 30.4 Å². The van der Waals surface area contributed by atoms with Gasteiger partial charge >= 0.3 is 0 Å². The summed E-state index contributed by atoms with van der Waals surface area (Å²) in [5.41, 5.74) is 3.29. The number of rotatable bonds is 9. The highest BCUT2D eigenvalue weighted by molar-refractivity contribution is 5.81. The van der Waals surface area contributed by atoms with Gasteiger partial charge in [0, 0.05) is 55.9 Å². The summed E-state index contributed by atoms with van der Waals surface area (Å²) in [5, 5.41) is 7.52. The quantitative estimate of drug-likeness (QED) is 0.505. The zero-order chi connectivity index (χ0) is 22.2. The van der Waals surface area contributed by atoms with E-state index < -0.39 is 5.83 Å². The molecule has 8 heteroatoms. The zero-order valence-electron chi connectivity index (χ0n) is 17.8. The lowest BCUT2D eigenvalue weighted by atomic mass is 10.1. The summed E-state index contributed by atoms with van der Waals surface area (Å²) in [6.07, 6.45) is 10.8. The van der Waals surface area contributed by atoms with Crippen molar-refractivity contribution < 1.29 is 8.78 Å². The molecule has 0 aliphatic rings. The molecule has 6 nitrogen and oxygen atoms in total. The maximum Gasteiger partial charge on any atom is 0.139 e. The Morgan fingerprint density at radius 1 is 1.19 bits per heavy atom. The molecule has 3 rings (SSSR count). The van der Waals surface area contributed by atoms with Crippen molar-refractivity contribution in [2.45, 2.75) is 19.9 Å². The summed E-state index contributed by atoms with van der Waals surface area (Å²) in [7, 11) is 1.86. The van der Waals surface area contributed by atoms with Crippen LogP contribution in [0.1, 0.15) is 13.8 Å². The Balaban J connectivity index is 1.93. The van der Waals surface area contributed by atoms with Crippen molar-refractivity contribution in [1.82, 2.24) is 25.1 Å². The average molecular weight is 424 g/mol. The van der Waals surface area contributed by atoms with Crippen LogP contribution in [0.2, 0.25) is 0 Å². The number of halogens is 2. The van der Waals surface area contributed by atoms with Crippen molar-refractivity contribution in [3.05, 3.63) is 73.4 Å². The number of pyridine rings is 2. The summed E-state index contributed by atoms with van der Waals surface area (Å²) in [4.78, 5) is 10.9. The summed E-state index contributed by atoms with van der Waals surface area (Å²) in [6.45, 7) is 5.25. The van der Waals surface area contributed by atoms with E-state index in [2.05, 4.69) is 15.4 Å². The molecule has 1 N–H and O–H groups in total. The van der Waals surface area contributed by atoms with Crippen LogP contribution >= 0.6 is 0 Å². The SMILES string of the molecule is CC(C)NCCN(/C=C(F)/C=C\C=C\F)c1ccc2ncc(-c3cnn(C)c3)cc2n1. The Kier molecular flexibility index (Phi) is 7.61. The molecule has 0 bridgehead atoms. The zero-order valence-corrected chi connectivity index (χ0v) is 17.8. The minimum Gasteiger partial charge on any atom is -0.329 e. The number of nitrogens with zero attached hydrogens (tertiary/aromatic N) is 5. The number of hydrogen-bond acceptors (Lipinski definition) is 5. The van der Waals surface area contributed by atoms with Crippen molar-refractivity contribution in [3.8, 4) is 11.1 Å². The van der Waals surface area contributed by atoms with E-state index in [1.165, 1.54) is 18.4 Å². The molecule has 162 valence electrons. The van der Waals surface area contributed by atoms with Gasteiger partial charge in [0.15, 0.2) is 0 Å². The van der Waals surface area contributed by atoms with Gasteiger partial charge in [0.25, 0.3) is 0 Å². The normalized spacial score (nSPS) is 12.6. The highest BCUT2D eigenvalue weighted by Crippen LogP contribution is 2.23. The van der Waals surface area contributed by atoms with Crippen molar-refractivity contribution in [2.24, 2.45) is 7.05 Å². The molecule has 0 aliphatic carbocycles. The van der Waals surface area contributed by atoms with Gasteiger partial charge in [-0.2, -0.15) is 5.10 Å². The fourth-order valence-corrected chi connectivity index (χ4v) is 2.98. The Bertz CT molecular complexity index is 1100. The Labute approximate surface area is 180 Å². The number of fused-ring (bicyclic) bond motifs is 1. The molecule has 0 radical (unpaired) electrons. The van der Waals surface area contributed by atoms with Crippen LogP contribution in [0.3, 0.4) is 0 Å². The first-order chi connectivity index (χ1) is 15.0. The van der Waals surface area contributed by atoms with E-state index >= 15 is 0 Å². The third-order valence-electron chi connectivity index (χ3n) is 4.48. The molecule has 0 spiro atoms. The van der Waals surface area contributed by atoms with Crippen molar-refractivity contribution in [1.29, 1.82) is 0 Å². The lowest BCUT2D eigenvalue weighted by Gasteiger charge is -2.21. The average Bonchev–Trinajstić information content (AvgIpc) is 3.18. The smallest absolute Gasteiger partial charge is 0.139 e. The van der Waals surface area contributed by atoms with E-state index in [9.17, 15) is 8.78 Å². The lowest BCUT2D eigenvalue weighted by Crippen LogP contribution is -2.32. The van der Waals surface area contributed by atoms with Crippen LogP contribution < -0.4 is 10.2 Å². The number of allylic oxidation sites excluding steroid dienone is 4. The van der Waals surface area contributed by atoms with E-state index in [0.29, 0.717) is 36.8 Å². The van der Waals surface area contributed by atoms with Gasteiger partial charge in [-0.1, -0.05) is 19.9 Å². The topological polar surface area (TPSA) is 58.9 Å². The molecule has 0 unspecified atom stereocenters. The second-order valence-electron chi connectivity index (χ2n) is 7.33. The largest absolute Gasteiger partial charge is 0.329 e. The van der Waals surface area contributed by atoms with Crippen LogP contribution in [0.15, 0.2) is 73.4 Å². The predicted octanol–water partition coefficient (Wildman–Crippen LogP) is 4.69. The molecular weight excluding hydrogens is 398 g/mol. The number of aromatic nitrogens is 4. The first-order valence-electron chi connectivity index (χ1n) is 10.0. The van der Waals surface area contributed by atoms with Crippen LogP contribution in [-0.4, -0.2) is 38.9 Å². The third-order valence-corrected chi connectivity index (χ3v) is 4.48. The van der Waals surface area contributed by atoms with Crippen LogP contribution in [-0.2, 0) is 7.05 Å². The molecule has 0 aromatic carbocycles. The summed E-state index contributed by atoms with van der Waals surface area (Å²) >= 11 is 0. The Morgan fingerprint density at radius 3 is 2.74 bits per heavy atom. The predicted molar refractivity (Wildman–Crippen MR) is 121 cm³/mol. The van der Waals surface area contributed by atoms with Crippen LogP contribution in [0.4, 0.5) is 14.6 Å². The molecule has 0 atom stereocenters. The number of hydrogen-bond donors (Lipinski definition) is 1. The van der Waals surface area contributed by atoms with Gasteiger partial charge in [-0.15, -0.1) is 0 Å². The van der Waals surface area contributed by atoms with Crippen LogP contribution in [0.25, 0.3) is 22.2 Å². The second kappa shape index (κ2) is 10.6. The second-order valence-corrected chi connectivity index (χ2v) is 7.33. The highest BCUT2D eigenvalue weighted by atomic mass is 19.1. The van der Waals surface area contributed by atoms with E-state index in [4.69, 9.17) is 4.98 Å². The Hall–Kier alpha value is -3.39. The fraction of sp³-hybridized carbons (Fsp3) is 0.261. The molecular formula is C23H26F2N6. The summed E-state index contributed by atoms with van der Waals surface area (Å²) < 4.78 is 28.2. The maximum atomic E-state index is 14.4. The van der Waals surface area contributed by atoms with Gasteiger partial charge < -0.3 is 10.2 Å². The Morgan fingerprint density at radius 2 is 2.03 bits per heavy atom. The first kappa shape index (κ1) is 22.3. The van der Waals surface area contributed by atoms with Gasteiger partial charge in [-0.3, -0.25) is 9.67 Å². The molecule has 0 fully saturated rings. The van der Waals surface area contributed by atoms with Crippen LogP contribution in [0.5, 0.6) is 0 Å². The van der Waals surface area contributed by atoms with Gasteiger partial charge in [0.1, 0.15) is 11.6 Å². The molecule has 0 aliphatic heterocycles. The third kappa shape index (κ3) is 6.29. The molecule has 0 amide bonds.